The van der Waals surface area contributed by atoms with Crippen molar-refractivity contribution in [3.63, 3.8) is 0 Å². The second kappa shape index (κ2) is 13.4. The largest absolute Gasteiger partial charge is 0.326 e. The van der Waals surface area contributed by atoms with Crippen LogP contribution in [0.25, 0.3) is 22.5 Å². The molecule has 2 aromatic heterocycles. The third-order valence-corrected chi connectivity index (χ3v) is 5.37. The molecule has 2 N–H and O–H groups in total. The van der Waals surface area contributed by atoms with Crippen LogP contribution in [-0.2, 0) is 9.59 Å². The molecule has 37 heavy (non-hydrogen) atoms. The molecule has 0 aliphatic rings. The number of rotatable bonds is 4. The first-order chi connectivity index (χ1) is 17.1. The van der Waals surface area contributed by atoms with Crippen LogP contribution in [0.2, 0.25) is 10.3 Å². The Bertz CT molecular complexity index is 1410. The smallest absolute Gasteiger partial charge is 0.221 e. The molecule has 0 aliphatic heterocycles. The summed E-state index contributed by atoms with van der Waals surface area (Å²) in [6.07, 6.45) is 0. The minimum atomic E-state index is -0.106. The Kier molecular flexibility index (Phi) is 10.7. The van der Waals surface area contributed by atoms with Crippen molar-refractivity contribution >= 4 is 46.4 Å². The average Bonchev–Trinajstić information content (AvgIpc) is 2.81. The van der Waals surface area contributed by atoms with Crippen LogP contribution in [0.4, 0.5) is 11.4 Å². The molecular formula is C27H28Cl2N6O2. The van der Waals surface area contributed by atoms with Gasteiger partial charge in [0, 0.05) is 36.3 Å². The van der Waals surface area contributed by atoms with E-state index >= 15 is 0 Å². The van der Waals surface area contributed by atoms with E-state index in [0.29, 0.717) is 10.3 Å². The number of amides is 2. The lowest BCUT2D eigenvalue weighted by molar-refractivity contribution is -0.115. The number of hydrogen-bond donors (Lipinski definition) is 2. The lowest BCUT2D eigenvalue weighted by atomic mass is 10.1. The SMILES string of the molecule is C.CC(=O)Nc1cccc(-c2cc(C)c(Cl)nn2)c1.CC(=O)Nc1cccc(-c2nnc(Cl)cc2C)c1. The van der Waals surface area contributed by atoms with Crippen molar-refractivity contribution in [2.45, 2.75) is 35.1 Å². The highest BCUT2D eigenvalue weighted by molar-refractivity contribution is 6.30. The predicted octanol–water partition coefficient (Wildman–Crippen LogP) is 6.76. The summed E-state index contributed by atoms with van der Waals surface area (Å²) in [5.41, 5.74) is 6.53. The van der Waals surface area contributed by atoms with E-state index in [1.54, 1.807) is 6.07 Å². The first kappa shape index (κ1) is 29.4. The summed E-state index contributed by atoms with van der Waals surface area (Å²) < 4.78 is 0. The van der Waals surface area contributed by atoms with Crippen molar-refractivity contribution < 1.29 is 9.59 Å². The Morgan fingerprint density at radius 1 is 0.703 bits per heavy atom. The zero-order chi connectivity index (χ0) is 26.2. The van der Waals surface area contributed by atoms with E-state index in [2.05, 4.69) is 31.0 Å². The summed E-state index contributed by atoms with van der Waals surface area (Å²) in [5, 5.41) is 22.0. The summed E-state index contributed by atoms with van der Waals surface area (Å²) in [6.45, 7) is 6.73. The fraction of sp³-hybridized carbons (Fsp3) is 0.185. The number of nitrogens with zero attached hydrogens (tertiary/aromatic N) is 4. The van der Waals surface area contributed by atoms with Crippen LogP contribution in [-0.4, -0.2) is 32.2 Å². The van der Waals surface area contributed by atoms with Gasteiger partial charge in [-0.2, -0.15) is 0 Å². The van der Waals surface area contributed by atoms with Crippen molar-refractivity contribution in [1.29, 1.82) is 0 Å². The van der Waals surface area contributed by atoms with Crippen LogP contribution in [0, 0.1) is 13.8 Å². The van der Waals surface area contributed by atoms with Gasteiger partial charge in [0.05, 0.1) is 11.4 Å². The number of aromatic nitrogens is 4. The number of aryl methyl sites for hydroxylation is 2. The molecule has 0 unspecified atom stereocenters. The highest BCUT2D eigenvalue weighted by atomic mass is 35.5. The van der Waals surface area contributed by atoms with Gasteiger partial charge in [0.25, 0.3) is 0 Å². The number of hydrogen-bond acceptors (Lipinski definition) is 6. The maximum absolute atomic E-state index is 11.0. The molecule has 2 heterocycles. The third kappa shape index (κ3) is 8.63. The molecule has 0 fully saturated rings. The first-order valence-corrected chi connectivity index (χ1v) is 11.6. The van der Waals surface area contributed by atoms with E-state index in [1.807, 2.05) is 68.4 Å². The minimum absolute atomic E-state index is 0. The van der Waals surface area contributed by atoms with E-state index < -0.39 is 0 Å². The van der Waals surface area contributed by atoms with Crippen LogP contribution >= 0.6 is 23.2 Å². The molecule has 4 rings (SSSR count). The van der Waals surface area contributed by atoms with Crippen LogP contribution in [0.1, 0.15) is 32.4 Å². The second-order valence-electron chi connectivity index (χ2n) is 7.93. The Balaban J connectivity index is 0.000000253. The van der Waals surface area contributed by atoms with Crippen LogP contribution in [0.5, 0.6) is 0 Å². The molecule has 192 valence electrons. The molecule has 0 aliphatic carbocycles. The minimum Gasteiger partial charge on any atom is -0.326 e. The molecule has 2 aromatic carbocycles. The van der Waals surface area contributed by atoms with E-state index in [9.17, 15) is 9.59 Å². The fourth-order valence-electron chi connectivity index (χ4n) is 3.26. The number of nitrogens with one attached hydrogen (secondary N) is 2. The molecule has 0 radical (unpaired) electrons. The van der Waals surface area contributed by atoms with Crippen molar-refractivity contribution in [3.05, 3.63) is 82.1 Å². The Morgan fingerprint density at radius 2 is 1.27 bits per heavy atom. The molecule has 10 heteroatoms. The summed E-state index contributed by atoms with van der Waals surface area (Å²) >= 11 is 11.6. The van der Waals surface area contributed by atoms with Gasteiger partial charge in [-0.15, -0.1) is 20.4 Å². The highest BCUT2D eigenvalue weighted by Crippen LogP contribution is 2.25. The number of carbonyl (C=O) groups excluding carboxylic acids is 2. The molecule has 0 atom stereocenters. The molecule has 0 bridgehead atoms. The van der Waals surface area contributed by atoms with Crippen molar-refractivity contribution in [2.75, 3.05) is 10.6 Å². The average molecular weight is 539 g/mol. The molecule has 0 saturated carbocycles. The number of benzene rings is 2. The Morgan fingerprint density at radius 3 is 1.81 bits per heavy atom. The normalized spacial score (nSPS) is 9.89. The number of anilines is 2. The standard InChI is InChI=1S/2C13H12ClN3O.CH4/c1-8-6-12(14)16-17-13(8)10-4-3-5-11(7-10)15-9(2)18;1-8-6-12(16-17-13(8)14)10-4-3-5-11(7-10)15-9(2)18;/h2*3-7H,1-2H3,(H,15,18);1H4. The van der Waals surface area contributed by atoms with Crippen LogP contribution < -0.4 is 10.6 Å². The zero-order valence-corrected chi connectivity index (χ0v) is 21.6. The Labute approximate surface area is 226 Å². The van der Waals surface area contributed by atoms with Crippen molar-refractivity contribution in [2.24, 2.45) is 0 Å². The highest BCUT2D eigenvalue weighted by Gasteiger charge is 2.07. The summed E-state index contributed by atoms with van der Waals surface area (Å²) in [4.78, 5) is 22.0. The molecule has 2 amide bonds. The van der Waals surface area contributed by atoms with Gasteiger partial charge in [-0.05, 0) is 61.4 Å². The van der Waals surface area contributed by atoms with E-state index in [-0.39, 0.29) is 19.2 Å². The molecule has 0 saturated heterocycles. The van der Waals surface area contributed by atoms with Gasteiger partial charge < -0.3 is 10.6 Å². The van der Waals surface area contributed by atoms with Crippen molar-refractivity contribution in [3.8, 4) is 22.5 Å². The van der Waals surface area contributed by atoms with Gasteiger partial charge in [0.2, 0.25) is 11.8 Å². The Hall–Kier alpha value is -3.88. The molecule has 0 spiro atoms. The monoisotopic (exact) mass is 538 g/mol. The lowest BCUT2D eigenvalue weighted by Crippen LogP contribution is -2.05. The summed E-state index contributed by atoms with van der Waals surface area (Å²) in [5.74, 6) is -0.211. The van der Waals surface area contributed by atoms with Gasteiger partial charge >= 0.3 is 0 Å². The van der Waals surface area contributed by atoms with Gasteiger partial charge in [-0.3, -0.25) is 9.59 Å². The van der Waals surface area contributed by atoms with E-state index in [1.165, 1.54) is 13.8 Å². The van der Waals surface area contributed by atoms with E-state index in [0.717, 1.165) is 45.0 Å². The quantitative estimate of drug-likeness (QED) is 0.296. The number of carbonyl (C=O) groups is 2. The zero-order valence-electron chi connectivity index (χ0n) is 20.1. The maximum atomic E-state index is 11.0. The van der Waals surface area contributed by atoms with E-state index in [4.69, 9.17) is 23.2 Å². The van der Waals surface area contributed by atoms with Gasteiger partial charge in [0.1, 0.15) is 0 Å². The predicted molar refractivity (Wildman–Crippen MR) is 150 cm³/mol. The number of halogens is 2. The third-order valence-electron chi connectivity index (χ3n) is 4.81. The van der Waals surface area contributed by atoms with Gasteiger partial charge in [-0.1, -0.05) is 54.9 Å². The fourth-order valence-corrected chi connectivity index (χ4v) is 3.55. The molecule has 8 nitrogen and oxygen atoms in total. The van der Waals surface area contributed by atoms with Gasteiger partial charge in [-0.25, -0.2) is 0 Å². The maximum Gasteiger partial charge on any atom is 0.221 e. The summed E-state index contributed by atoms with van der Waals surface area (Å²) in [7, 11) is 0. The summed E-state index contributed by atoms with van der Waals surface area (Å²) in [6, 6.07) is 18.5. The van der Waals surface area contributed by atoms with Crippen LogP contribution in [0.15, 0.2) is 60.7 Å². The van der Waals surface area contributed by atoms with Crippen molar-refractivity contribution in [1.82, 2.24) is 20.4 Å². The van der Waals surface area contributed by atoms with Crippen LogP contribution in [0.3, 0.4) is 0 Å². The first-order valence-electron chi connectivity index (χ1n) is 10.9. The molecular weight excluding hydrogens is 511 g/mol. The molecule has 4 aromatic rings. The topological polar surface area (TPSA) is 110 Å². The second-order valence-corrected chi connectivity index (χ2v) is 8.67. The van der Waals surface area contributed by atoms with Gasteiger partial charge in [0.15, 0.2) is 10.3 Å². The lowest BCUT2D eigenvalue weighted by Gasteiger charge is -2.07.